The molecule has 8 nitrogen and oxygen atoms in total. The molecule has 2 heterocycles. The average molecular weight is 483 g/mol. The zero-order chi connectivity index (χ0) is 23.8. The molecule has 0 saturated carbocycles. The summed E-state index contributed by atoms with van der Waals surface area (Å²) >= 11 is 1.18. The monoisotopic (exact) mass is 482 g/mol. The maximum absolute atomic E-state index is 12.8. The van der Waals surface area contributed by atoms with Crippen LogP contribution in [-0.2, 0) is 10.0 Å². The number of carbonyl (C=O) groups excluding carboxylic acids is 1. The number of amides is 1. The highest BCUT2D eigenvalue weighted by molar-refractivity contribution is 7.89. The normalized spacial score (nSPS) is 11.5. The number of aryl methyl sites for hydroxylation is 3. The second-order valence-corrected chi connectivity index (χ2v) is 10.1. The Bertz CT molecular complexity index is 1460. The number of ether oxygens (including phenoxy) is 1. The van der Waals surface area contributed by atoms with Crippen LogP contribution in [0.4, 0.5) is 0 Å². The lowest BCUT2D eigenvalue weighted by atomic mass is 10.1. The topological polar surface area (TPSA) is 110 Å². The zero-order valence-corrected chi connectivity index (χ0v) is 20.1. The van der Waals surface area contributed by atoms with Crippen molar-refractivity contribution in [1.82, 2.24) is 20.2 Å². The molecule has 0 aliphatic rings. The van der Waals surface area contributed by atoms with Gasteiger partial charge in [0.25, 0.3) is 15.9 Å². The predicted molar refractivity (Wildman–Crippen MR) is 128 cm³/mol. The highest BCUT2D eigenvalue weighted by atomic mass is 32.2. The van der Waals surface area contributed by atoms with Gasteiger partial charge in [-0.1, -0.05) is 29.8 Å². The first-order valence-electron chi connectivity index (χ1n) is 10.0. The van der Waals surface area contributed by atoms with Gasteiger partial charge in [0.2, 0.25) is 0 Å². The van der Waals surface area contributed by atoms with Crippen LogP contribution < -0.4 is 15.0 Å². The Balaban J connectivity index is 1.64. The smallest absolute Gasteiger partial charge is 0.276 e. The molecule has 2 aromatic heterocycles. The molecule has 0 aliphatic carbocycles. The lowest BCUT2D eigenvalue weighted by Gasteiger charge is -2.08. The number of fused-ring (bicyclic) bond motifs is 1. The summed E-state index contributed by atoms with van der Waals surface area (Å²) in [4.78, 5) is 25.3. The van der Waals surface area contributed by atoms with E-state index in [4.69, 9.17) is 4.74 Å². The third-order valence-electron chi connectivity index (χ3n) is 5.16. The van der Waals surface area contributed by atoms with Gasteiger partial charge < -0.3 is 4.74 Å². The van der Waals surface area contributed by atoms with E-state index in [1.807, 2.05) is 38.1 Å². The van der Waals surface area contributed by atoms with Gasteiger partial charge in [0.1, 0.15) is 10.6 Å². The number of rotatable bonds is 6. The van der Waals surface area contributed by atoms with Crippen molar-refractivity contribution in [3.05, 3.63) is 70.2 Å². The van der Waals surface area contributed by atoms with Crippen LogP contribution in [0.15, 0.2) is 53.4 Å². The molecule has 0 fully saturated rings. The summed E-state index contributed by atoms with van der Waals surface area (Å²) < 4.78 is 30.4. The van der Waals surface area contributed by atoms with Gasteiger partial charge in [-0.05, 0) is 50.6 Å². The van der Waals surface area contributed by atoms with Crippen molar-refractivity contribution < 1.29 is 17.9 Å². The first-order valence-corrected chi connectivity index (χ1v) is 12.3. The molecular weight excluding hydrogens is 460 g/mol. The molecule has 0 aliphatic heterocycles. The molecule has 2 N–H and O–H groups in total. The van der Waals surface area contributed by atoms with Crippen LogP contribution in [0.25, 0.3) is 21.6 Å². The molecule has 2 aromatic carbocycles. The molecule has 0 bridgehead atoms. The van der Waals surface area contributed by atoms with Crippen molar-refractivity contribution in [2.45, 2.75) is 25.7 Å². The van der Waals surface area contributed by atoms with E-state index in [1.54, 1.807) is 26.2 Å². The van der Waals surface area contributed by atoms with E-state index in [2.05, 4.69) is 20.2 Å². The lowest BCUT2D eigenvalue weighted by Crippen LogP contribution is -2.41. The maximum atomic E-state index is 12.8. The number of nitrogens with zero attached hydrogens (tertiary/aromatic N) is 2. The number of hydrogen-bond donors (Lipinski definition) is 2. The lowest BCUT2D eigenvalue weighted by molar-refractivity contribution is 0.0948. The molecule has 0 atom stereocenters. The molecule has 0 spiro atoms. The zero-order valence-electron chi connectivity index (χ0n) is 18.5. The number of thiophene rings is 1. The minimum atomic E-state index is -3.90. The van der Waals surface area contributed by atoms with Crippen molar-refractivity contribution >= 4 is 37.5 Å². The van der Waals surface area contributed by atoms with Crippen LogP contribution in [0.1, 0.15) is 26.5 Å². The maximum Gasteiger partial charge on any atom is 0.276 e. The van der Waals surface area contributed by atoms with E-state index in [1.165, 1.54) is 23.5 Å². The molecule has 0 saturated heterocycles. The fourth-order valence-electron chi connectivity index (χ4n) is 3.45. The highest BCUT2D eigenvalue weighted by Gasteiger charge is 2.22. The van der Waals surface area contributed by atoms with Crippen LogP contribution in [0.3, 0.4) is 0 Å². The second kappa shape index (κ2) is 8.89. The minimum absolute atomic E-state index is 0.0598. The summed E-state index contributed by atoms with van der Waals surface area (Å²) in [5.41, 5.74) is 5.38. The Hall–Kier alpha value is -3.34. The molecule has 4 aromatic rings. The van der Waals surface area contributed by atoms with Gasteiger partial charge in [0.05, 0.1) is 28.1 Å². The number of nitrogens with one attached hydrogen (secondary N) is 2. The first-order chi connectivity index (χ1) is 15.7. The summed E-state index contributed by atoms with van der Waals surface area (Å²) in [6.45, 7) is 5.51. The number of methoxy groups -OCH3 is 1. The number of para-hydroxylation sites is 1. The van der Waals surface area contributed by atoms with E-state index in [0.29, 0.717) is 32.5 Å². The van der Waals surface area contributed by atoms with Crippen molar-refractivity contribution in [3.63, 3.8) is 0 Å². The van der Waals surface area contributed by atoms with Gasteiger partial charge in [-0.3, -0.25) is 10.2 Å². The second-order valence-electron chi connectivity index (χ2n) is 7.44. The molecule has 4 rings (SSSR count). The first kappa shape index (κ1) is 22.8. The summed E-state index contributed by atoms with van der Waals surface area (Å²) in [5, 5.41) is 0.769. The molecule has 1 amide bonds. The van der Waals surface area contributed by atoms with Crippen molar-refractivity contribution in [2.75, 3.05) is 7.11 Å². The molecule has 0 unspecified atom stereocenters. The summed E-state index contributed by atoms with van der Waals surface area (Å²) in [6.07, 6.45) is 0. The van der Waals surface area contributed by atoms with Gasteiger partial charge in [-0.25, -0.2) is 18.4 Å². The standard InChI is InChI=1S/C23H22N4O4S2/c1-13-9-11-16(12-10-13)33(29,30)27-26-22(28)20-14(2)19-15(3)24-21(25-23(19)32-20)17-7-5-6-8-18(17)31-4/h5-12,27H,1-4H3,(H,26,28). The molecule has 170 valence electrons. The predicted octanol–water partition coefficient (Wildman–Crippen LogP) is 3.92. The summed E-state index contributed by atoms with van der Waals surface area (Å²) in [6, 6.07) is 13.8. The number of sulfonamides is 1. The van der Waals surface area contributed by atoms with Crippen LogP contribution in [0.5, 0.6) is 5.75 Å². The van der Waals surface area contributed by atoms with Crippen LogP contribution in [0.2, 0.25) is 0 Å². The van der Waals surface area contributed by atoms with E-state index in [0.717, 1.165) is 16.5 Å². The van der Waals surface area contributed by atoms with Gasteiger partial charge in [-0.2, -0.15) is 0 Å². The third-order valence-corrected chi connectivity index (χ3v) is 7.60. The van der Waals surface area contributed by atoms with Gasteiger partial charge in [-0.15, -0.1) is 16.2 Å². The fraction of sp³-hybridized carbons (Fsp3) is 0.174. The van der Waals surface area contributed by atoms with Crippen molar-refractivity contribution in [2.24, 2.45) is 0 Å². The van der Waals surface area contributed by atoms with Crippen molar-refractivity contribution in [3.8, 4) is 17.1 Å². The minimum Gasteiger partial charge on any atom is -0.496 e. The molecule has 10 heteroatoms. The van der Waals surface area contributed by atoms with Crippen LogP contribution >= 0.6 is 11.3 Å². The summed E-state index contributed by atoms with van der Waals surface area (Å²) in [7, 11) is -2.32. The van der Waals surface area contributed by atoms with Gasteiger partial charge in [0, 0.05) is 5.39 Å². The molecule has 0 radical (unpaired) electrons. The number of carbonyl (C=O) groups is 1. The Morgan fingerprint density at radius 1 is 1.00 bits per heavy atom. The third kappa shape index (κ3) is 4.45. The number of hydrazine groups is 1. The van der Waals surface area contributed by atoms with Crippen molar-refractivity contribution in [1.29, 1.82) is 0 Å². The van der Waals surface area contributed by atoms with Gasteiger partial charge in [0.15, 0.2) is 5.82 Å². The van der Waals surface area contributed by atoms with Crippen LogP contribution in [0, 0.1) is 20.8 Å². The van der Waals surface area contributed by atoms with E-state index in [-0.39, 0.29) is 4.90 Å². The quantitative estimate of drug-likeness (QED) is 0.403. The molecular formula is C23H22N4O4S2. The largest absolute Gasteiger partial charge is 0.496 e. The Morgan fingerprint density at radius 3 is 2.39 bits per heavy atom. The Labute approximate surface area is 195 Å². The number of aromatic nitrogens is 2. The molecule has 33 heavy (non-hydrogen) atoms. The highest BCUT2D eigenvalue weighted by Crippen LogP contribution is 2.34. The van der Waals surface area contributed by atoms with Gasteiger partial charge >= 0.3 is 0 Å². The Kier molecular flexibility index (Phi) is 6.15. The summed E-state index contributed by atoms with van der Waals surface area (Å²) in [5.74, 6) is 0.572. The Morgan fingerprint density at radius 2 is 1.70 bits per heavy atom. The van der Waals surface area contributed by atoms with Crippen LogP contribution in [-0.4, -0.2) is 31.4 Å². The number of hydrogen-bond acceptors (Lipinski definition) is 7. The average Bonchev–Trinajstić information content (AvgIpc) is 3.14. The number of benzene rings is 2. The van der Waals surface area contributed by atoms with E-state index >= 15 is 0 Å². The SMILES string of the molecule is COc1ccccc1-c1nc(C)c2c(C)c(C(=O)NNS(=O)(=O)c3ccc(C)cc3)sc2n1. The van der Waals surface area contributed by atoms with E-state index in [9.17, 15) is 13.2 Å². The fourth-order valence-corrected chi connectivity index (χ4v) is 5.42. The van der Waals surface area contributed by atoms with E-state index < -0.39 is 15.9 Å².